The highest BCUT2D eigenvalue weighted by Crippen LogP contribution is 2.39. The van der Waals surface area contributed by atoms with Gasteiger partial charge < -0.3 is 5.32 Å². The van der Waals surface area contributed by atoms with Crippen LogP contribution >= 0.6 is 22.9 Å². The van der Waals surface area contributed by atoms with Gasteiger partial charge in [0.05, 0.1) is 5.51 Å². The number of nitrogens with zero attached hydrogens (tertiary/aromatic N) is 1. The average molecular weight is 279 g/mol. The lowest BCUT2D eigenvalue weighted by atomic mass is 9.81. The lowest BCUT2D eigenvalue weighted by molar-refractivity contribution is 0.408. The Morgan fingerprint density at radius 3 is 3.06 bits per heavy atom. The van der Waals surface area contributed by atoms with Gasteiger partial charge >= 0.3 is 0 Å². The molecular weight excluding hydrogens is 264 g/mol. The lowest BCUT2D eigenvalue weighted by Crippen LogP contribution is -2.33. The monoisotopic (exact) mass is 278 g/mol. The van der Waals surface area contributed by atoms with Crippen molar-refractivity contribution in [2.24, 2.45) is 0 Å². The van der Waals surface area contributed by atoms with Crippen LogP contribution in [-0.2, 0) is 0 Å². The summed E-state index contributed by atoms with van der Waals surface area (Å²) in [7, 11) is 0. The van der Waals surface area contributed by atoms with Gasteiger partial charge in [-0.2, -0.15) is 0 Å². The van der Waals surface area contributed by atoms with Crippen LogP contribution in [-0.4, -0.2) is 18.1 Å². The molecule has 2 heterocycles. The van der Waals surface area contributed by atoms with Gasteiger partial charge in [-0.05, 0) is 30.7 Å². The number of hydrogen-bond donors (Lipinski definition) is 1. The summed E-state index contributed by atoms with van der Waals surface area (Å²) in [5.74, 6) is 1.06. The molecule has 94 valence electrons. The zero-order valence-electron chi connectivity index (χ0n) is 9.97. The maximum absolute atomic E-state index is 6.11. The largest absolute Gasteiger partial charge is 0.316 e. The van der Waals surface area contributed by atoms with Gasteiger partial charge in [0.25, 0.3) is 0 Å². The number of rotatable bonds is 2. The number of benzene rings is 1. The minimum absolute atomic E-state index is 0.498. The molecule has 2 unspecified atom stereocenters. The van der Waals surface area contributed by atoms with E-state index in [1.165, 1.54) is 16.9 Å². The molecule has 1 aromatic carbocycles. The Morgan fingerprint density at radius 1 is 1.33 bits per heavy atom. The van der Waals surface area contributed by atoms with Crippen molar-refractivity contribution in [3.05, 3.63) is 51.4 Å². The third-order valence-corrected chi connectivity index (χ3v) is 4.72. The zero-order chi connectivity index (χ0) is 12.4. The molecule has 1 aliphatic heterocycles. The fourth-order valence-electron chi connectivity index (χ4n) is 2.70. The highest BCUT2D eigenvalue weighted by atomic mass is 35.5. The molecule has 0 aliphatic carbocycles. The molecule has 0 amide bonds. The topological polar surface area (TPSA) is 24.9 Å². The van der Waals surface area contributed by atoms with Crippen LogP contribution in [0.3, 0.4) is 0 Å². The van der Waals surface area contributed by atoms with Gasteiger partial charge in [-0.25, -0.2) is 0 Å². The first kappa shape index (κ1) is 12.2. The Bertz CT molecular complexity index is 512. The highest BCUT2D eigenvalue weighted by molar-refractivity contribution is 7.09. The van der Waals surface area contributed by atoms with E-state index in [2.05, 4.69) is 22.4 Å². The first-order valence-electron chi connectivity index (χ1n) is 6.19. The van der Waals surface area contributed by atoms with E-state index >= 15 is 0 Å². The fourth-order valence-corrected chi connectivity index (χ4v) is 3.72. The molecule has 1 saturated heterocycles. The maximum Gasteiger partial charge on any atom is 0.0794 e. The van der Waals surface area contributed by atoms with E-state index in [1.54, 1.807) is 11.3 Å². The molecule has 1 N–H and O–H groups in total. The Balaban J connectivity index is 1.93. The minimum atomic E-state index is 0.498. The highest BCUT2D eigenvalue weighted by Gasteiger charge is 2.28. The molecule has 0 bridgehead atoms. The van der Waals surface area contributed by atoms with Gasteiger partial charge in [-0.15, -0.1) is 11.3 Å². The number of aromatic nitrogens is 1. The van der Waals surface area contributed by atoms with Crippen molar-refractivity contribution in [1.82, 2.24) is 10.3 Å². The van der Waals surface area contributed by atoms with Crippen LogP contribution in [0.5, 0.6) is 0 Å². The van der Waals surface area contributed by atoms with Crippen LogP contribution in [0.2, 0.25) is 5.02 Å². The Morgan fingerprint density at radius 2 is 2.28 bits per heavy atom. The summed E-state index contributed by atoms with van der Waals surface area (Å²) in [5, 5.41) is 4.31. The van der Waals surface area contributed by atoms with Crippen LogP contribution in [0.25, 0.3) is 0 Å². The van der Waals surface area contributed by atoms with Crippen molar-refractivity contribution in [2.75, 3.05) is 13.1 Å². The number of halogens is 1. The van der Waals surface area contributed by atoms with Crippen molar-refractivity contribution in [3.8, 4) is 0 Å². The molecule has 2 atom stereocenters. The van der Waals surface area contributed by atoms with E-state index < -0.39 is 0 Å². The van der Waals surface area contributed by atoms with E-state index in [0.29, 0.717) is 11.8 Å². The van der Waals surface area contributed by atoms with Gasteiger partial charge in [0, 0.05) is 34.5 Å². The Hall–Kier alpha value is -0.900. The summed E-state index contributed by atoms with van der Waals surface area (Å²) in [4.78, 5) is 5.61. The third-order valence-electron chi connectivity index (χ3n) is 3.58. The molecule has 1 fully saturated rings. The number of hydrogen-bond acceptors (Lipinski definition) is 3. The molecule has 2 nitrogen and oxygen atoms in total. The lowest BCUT2D eigenvalue weighted by Gasteiger charge is -2.31. The average Bonchev–Trinajstić information content (AvgIpc) is 2.92. The second-order valence-electron chi connectivity index (χ2n) is 4.66. The maximum atomic E-state index is 6.11. The van der Waals surface area contributed by atoms with Gasteiger partial charge in [0.15, 0.2) is 0 Å². The van der Waals surface area contributed by atoms with Crippen LogP contribution in [0.1, 0.15) is 28.7 Å². The molecule has 0 spiro atoms. The molecule has 1 aromatic heterocycles. The SMILES string of the molecule is Clc1cccc(C2CNCCC2c2cncs2)c1. The molecule has 1 aliphatic rings. The number of piperidine rings is 1. The molecule has 0 radical (unpaired) electrons. The quantitative estimate of drug-likeness (QED) is 0.907. The smallest absolute Gasteiger partial charge is 0.0794 e. The standard InChI is InChI=1S/C14H15ClN2S/c15-11-3-1-2-10(6-11)13-7-16-5-4-12(13)14-8-17-9-18-14/h1-3,6,8-9,12-13,16H,4-5,7H2. The van der Waals surface area contributed by atoms with Crippen molar-refractivity contribution in [1.29, 1.82) is 0 Å². The number of thiazole rings is 1. The van der Waals surface area contributed by atoms with Crippen LogP contribution in [0.4, 0.5) is 0 Å². The number of nitrogens with one attached hydrogen (secondary N) is 1. The van der Waals surface area contributed by atoms with Crippen LogP contribution in [0.15, 0.2) is 36.0 Å². The van der Waals surface area contributed by atoms with E-state index in [1.807, 2.05) is 23.8 Å². The normalized spacial score (nSPS) is 24.1. The predicted molar refractivity (Wildman–Crippen MR) is 76.5 cm³/mol. The van der Waals surface area contributed by atoms with Crippen LogP contribution < -0.4 is 5.32 Å². The Labute approximate surface area is 116 Å². The second-order valence-corrected chi connectivity index (χ2v) is 6.02. The Kier molecular flexibility index (Phi) is 3.64. The van der Waals surface area contributed by atoms with Crippen molar-refractivity contribution < 1.29 is 0 Å². The summed E-state index contributed by atoms with van der Waals surface area (Å²) in [6.45, 7) is 2.10. The van der Waals surface area contributed by atoms with Gasteiger partial charge in [-0.1, -0.05) is 23.7 Å². The summed E-state index contributed by atoms with van der Waals surface area (Å²) in [6, 6.07) is 8.24. The molecule has 2 aromatic rings. The third kappa shape index (κ3) is 2.44. The van der Waals surface area contributed by atoms with E-state index in [0.717, 1.165) is 18.1 Å². The summed E-state index contributed by atoms with van der Waals surface area (Å²) in [6.07, 6.45) is 3.18. The van der Waals surface area contributed by atoms with E-state index in [9.17, 15) is 0 Å². The van der Waals surface area contributed by atoms with Crippen molar-refractivity contribution in [3.63, 3.8) is 0 Å². The first-order chi connectivity index (χ1) is 8.84. The summed E-state index contributed by atoms with van der Waals surface area (Å²) >= 11 is 7.87. The predicted octanol–water partition coefficient (Wildman–Crippen LogP) is 3.66. The molecule has 0 saturated carbocycles. The molecule has 3 rings (SSSR count). The molecule has 18 heavy (non-hydrogen) atoms. The second kappa shape index (κ2) is 5.39. The van der Waals surface area contributed by atoms with Crippen molar-refractivity contribution in [2.45, 2.75) is 18.3 Å². The van der Waals surface area contributed by atoms with Crippen molar-refractivity contribution >= 4 is 22.9 Å². The molecular formula is C14H15ClN2S. The minimum Gasteiger partial charge on any atom is -0.316 e. The summed E-state index contributed by atoms with van der Waals surface area (Å²) < 4.78 is 0. The van der Waals surface area contributed by atoms with Gasteiger partial charge in [-0.3, -0.25) is 4.98 Å². The fraction of sp³-hybridized carbons (Fsp3) is 0.357. The first-order valence-corrected chi connectivity index (χ1v) is 7.45. The van der Waals surface area contributed by atoms with Crippen LogP contribution in [0, 0.1) is 0 Å². The zero-order valence-corrected chi connectivity index (χ0v) is 11.5. The van der Waals surface area contributed by atoms with Gasteiger partial charge in [0.1, 0.15) is 0 Å². The van der Waals surface area contributed by atoms with E-state index in [4.69, 9.17) is 11.6 Å². The molecule has 4 heteroatoms. The summed E-state index contributed by atoms with van der Waals surface area (Å²) in [5.41, 5.74) is 3.25. The van der Waals surface area contributed by atoms with E-state index in [-0.39, 0.29) is 0 Å². The van der Waals surface area contributed by atoms with Gasteiger partial charge in [0.2, 0.25) is 0 Å².